The number of carboxylic acids is 1. The van der Waals surface area contributed by atoms with Crippen LogP contribution in [0.3, 0.4) is 0 Å². The number of hydrogen-bond donors (Lipinski definition) is 3. The van der Waals surface area contributed by atoms with Gasteiger partial charge in [0.1, 0.15) is 6.04 Å². The highest BCUT2D eigenvalue weighted by Crippen LogP contribution is 2.06. The molecule has 0 unspecified atom stereocenters. The highest BCUT2D eigenvalue weighted by atomic mass is 16.4. The number of rotatable bonds is 8. The molecule has 0 spiro atoms. The second-order valence-electron chi connectivity index (χ2n) is 6.62. The number of carboxylic acid groups (broad SMARTS) is 1. The molecule has 1 aromatic heterocycles. The SMILES string of the molecule is CC(C)C[C@H](NC(=O)CCCn1c(=O)[nH]c2ccccc2c1=O)C(=O)O. The molecule has 8 nitrogen and oxygen atoms in total. The Labute approximate surface area is 149 Å². The van der Waals surface area contributed by atoms with Gasteiger partial charge in [0.05, 0.1) is 10.9 Å². The first-order chi connectivity index (χ1) is 12.3. The van der Waals surface area contributed by atoms with Crippen LogP contribution in [0, 0.1) is 5.92 Å². The molecule has 0 saturated carbocycles. The van der Waals surface area contributed by atoms with Gasteiger partial charge in [0.2, 0.25) is 5.91 Å². The molecule has 0 saturated heterocycles. The lowest BCUT2D eigenvalue weighted by molar-refractivity contribution is -0.142. The smallest absolute Gasteiger partial charge is 0.328 e. The van der Waals surface area contributed by atoms with Crippen LogP contribution >= 0.6 is 0 Å². The van der Waals surface area contributed by atoms with Gasteiger partial charge in [-0.2, -0.15) is 0 Å². The zero-order chi connectivity index (χ0) is 19.3. The van der Waals surface area contributed by atoms with Crippen LogP contribution in [0.2, 0.25) is 0 Å². The number of H-pyrrole nitrogens is 1. The quantitative estimate of drug-likeness (QED) is 0.650. The highest BCUT2D eigenvalue weighted by Gasteiger charge is 2.20. The van der Waals surface area contributed by atoms with Crippen molar-refractivity contribution in [1.29, 1.82) is 0 Å². The number of nitrogens with zero attached hydrogens (tertiary/aromatic N) is 1. The van der Waals surface area contributed by atoms with E-state index in [-0.39, 0.29) is 25.3 Å². The molecule has 0 aliphatic heterocycles. The summed E-state index contributed by atoms with van der Waals surface area (Å²) in [6.45, 7) is 3.83. The molecule has 1 atom stereocenters. The number of carbonyl (C=O) groups is 2. The van der Waals surface area contributed by atoms with E-state index in [1.807, 2.05) is 13.8 Å². The molecule has 1 amide bonds. The van der Waals surface area contributed by atoms with Gasteiger partial charge in [-0.15, -0.1) is 0 Å². The van der Waals surface area contributed by atoms with Crippen molar-refractivity contribution in [2.45, 2.75) is 45.7 Å². The lowest BCUT2D eigenvalue weighted by atomic mass is 10.0. The number of fused-ring (bicyclic) bond motifs is 1. The van der Waals surface area contributed by atoms with E-state index in [2.05, 4.69) is 10.3 Å². The molecule has 0 aliphatic carbocycles. The molecule has 1 aromatic carbocycles. The third-order valence-electron chi connectivity index (χ3n) is 4.02. The van der Waals surface area contributed by atoms with Gasteiger partial charge in [0.25, 0.3) is 5.56 Å². The van der Waals surface area contributed by atoms with E-state index in [1.54, 1.807) is 24.3 Å². The summed E-state index contributed by atoms with van der Waals surface area (Å²) >= 11 is 0. The zero-order valence-electron chi connectivity index (χ0n) is 14.8. The molecule has 0 fully saturated rings. The van der Waals surface area contributed by atoms with Crippen molar-refractivity contribution < 1.29 is 14.7 Å². The summed E-state index contributed by atoms with van der Waals surface area (Å²) in [6.07, 6.45) is 0.618. The third kappa shape index (κ3) is 4.81. The van der Waals surface area contributed by atoms with Crippen LogP contribution < -0.4 is 16.6 Å². The molecule has 8 heteroatoms. The molecule has 1 heterocycles. The van der Waals surface area contributed by atoms with Gasteiger partial charge >= 0.3 is 11.7 Å². The standard InChI is InChI=1S/C18H23N3O5/c1-11(2)10-14(17(24)25)19-15(22)8-5-9-21-16(23)12-6-3-4-7-13(12)20-18(21)26/h3-4,6-7,11,14H,5,8-10H2,1-2H3,(H,19,22)(H,20,26)(H,24,25)/t14-/m0/s1. The number of aromatic amines is 1. The molecule has 0 radical (unpaired) electrons. The Morgan fingerprint density at radius 2 is 1.92 bits per heavy atom. The first-order valence-electron chi connectivity index (χ1n) is 8.53. The Morgan fingerprint density at radius 3 is 2.58 bits per heavy atom. The second-order valence-corrected chi connectivity index (χ2v) is 6.62. The molecule has 26 heavy (non-hydrogen) atoms. The minimum absolute atomic E-state index is 0.0284. The molecule has 0 aliphatic rings. The number of aliphatic carboxylic acids is 1. The van der Waals surface area contributed by atoms with E-state index < -0.39 is 29.2 Å². The average Bonchev–Trinajstić information content (AvgIpc) is 2.56. The number of para-hydroxylation sites is 1. The number of aromatic nitrogens is 2. The lowest BCUT2D eigenvalue weighted by Gasteiger charge is -2.16. The van der Waals surface area contributed by atoms with E-state index in [0.29, 0.717) is 17.3 Å². The molecule has 2 aromatic rings. The summed E-state index contributed by atoms with van der Waals surface area (Å²) < 4.78 is 1.05. The van der Waals surface area contributed by atoms with Gasteiger partial charge < -0.3 is 15.4 Å². The first kappa shape index (κ1) is 19.4. The lowest BCUT2D eigenvalue weighted by Crippen LogP contribution is -2.41. The molecular formula is C18H23N3O5. The van der Waals surface area contributed by atoms with E-state index in [1.165, 1.54) is 0 Å². The predicted octanol–water partition coefficient (Wildman–Crippen LogP) is 1.09. The first-order valence-corrected chi connectivity index (χ1v) is 8.53. The van der Waals surface area contributed by atoms with Crippen molar-refractivity contribution in [2.24, 2.45) is 5.92 Å². The molecule has 3 N–H and O–H groups in total. The van der Waals surface area contributed by atoms with Crippen LogP contribution in [0.25, 0.3) is 10.9 Å². The van der Waals surface area contributed by atoms with Crippen molar-refractivity contribution in [1.82, 2.24) is 14.9 Å². The van der Waals surface area contributed by atoms with E-state index in [9.17, 15) is 19.2 Å². The molecule has 140 valence electrons. The van der Waals surface area contributed by atoms with Gasteiger partial charge in [-0.05, 0) is 30.9 Å². The summed E-state index contributed by atoms with van der Waals surface area (Å²) in [4.78, 5) is 50.2. The van der Waals surface area contributed by atoms with Gasteiger partial charge in [0.15, 0.2) is 0 Å². The largest absolute Gasteiger partial charge is 0.480 e. The normalized spacial score (nSPS) is 12.3. The fourth-order valence-corrected chi connectivity index (χ4v) is 2.76. The van der Waals surface area contributed by atoms with Crippen molar-refractivity contribution in [3.63, 3.8) is 0 Å². The molecule has 0 bridgehead atoms. The third-order valence-corrected chi connectivity index (χ3v) is 4.02. The number of nitrogens with one attached hydrogen (secondary N) is 2. The van der Waals surface area contributed by atoms with Gasteiger partial charge in [0, 0.05) is 13.0 Å². The van der Waals surface area contributed by atoms with E-state index in [0.717, 1.165) is 4.57 Å². The van der Waals surface area contributed by atoms with Gasteiger partial charge in [-0.25, -0.2) is 9.59 Å². The van der Waals surface area contributed by atoms with Crippen molar-refractivity contribution in [3.05, 3.63) is 45.1 Å². The summed E-state index contributed by atoms with van der Waals surface area (Å²) in [6, 6.07) is 5.77. The fourth-order valence-electron chi connectivity index (χ4n) is 2.76. The minimum Gasteiger partial charge on any atom is -0.480 e. The number of hydrogen-bond acceptors (Lipinski definition) is 4. The van der Waals surface area contributed by atoms with Gasteiger partial charge in [-0.3, -0.25) is 14.2 Å². The van der Waals surface area contributed by atoms with Crippen LogP contribution in [0.5, 0.6) is 0 Å². The van der Waals surface area contributed by atoms with Crippen LogP contribution in [0.4, 0.5) is 0 Å². The Kier molecular flexibility index (Phi) is 6.32. The number of amides is 1. The van der Waals surface area contributed by atoms with E-state index in [4.69, 9.17) is 5.11 Å². The van der Waals surface area contributed by atoms with Crippen LogP contribution in [-0.4, -0.2) is 32.6 Å². The van der Waals surface area contributed by atoms with Crippen molar-refractivity contribution in [3.8, 4) is 0 Å². The second kappa shape index (κ2) is 8.46. The van der Waals surface area contributed by atoms with Crippen LogP contribution in [0.15, 0.2) is 33.9 Å². The maximum Gasteiger partial charge on any atom is 0.328 e. The summed E-state index contributed by atoms with van der Waals surface area (Å²) in [5.74, 6) is -1.36. The Bertz CT molecular complexity index is 913. The summed E-state index contributed by atoms with van der Waals surface area (Å²) in [5.41, 5.74) is -0.472. The van der Waals surface area contributed by atoms with Crippen LogP contribution in [-0.2, 0) is 16.1 Å². The summed E-state index contributed by atoms with van der Waals surface area (Å²) in [5, 5.41) is 12.0. The highest BCUT2D eigenvalue weighted by molar-refractivity contribution is 5.83. The minimum atomic E-state index is -1.07. The Hall–Kier alpha value is -2.90. The Balaban J connectivity index is 2.00. The van der Waals surface area contributed by atoms with Gasteiger partial charge in [-0.1, -0.05) is 26.0 Å². The molecule has 2 rings (SSSR count). The number of carbonyl (C=O) groups excluding carboxylic acids is 1. The van der Waals surface area contributed by atoms with Crippen molar-refractivity contribution >= 4 is 22.8 Å². The average molecular weight is 361 g/mol. The van der Waals surface area contributed by atoms with Crippen LogP contribution in [0.1, 0.15) is 33.1 Å². The Morgan fingerprint density at radius 1 is 1.23 bits per heavy atom. The topological polar surface area (TPSA) is 121 Å². The monoisotopic (exact) mass is 361 g/mol. The zero-order valence-corrected chi connectivity index (χ0v) is 14.8. The maximum absolute atomic E-state index is 12.4. The predicted molar refractivity (Wildman–Crippen MR) is 97.1 cm³/mol. The maximum atomic E-state index is 12.4. The number of benzene rings is 1. The van der Waals surface area contributed by atoms with Crippen molar-refractivity contribution in [2.75, 3.05) is 0 Å². The fraction of sp³-hybridized carbons (Fsp3) is 0.444. The van der Waals surface area contributed by atoms with E-state index >= 15 is 0 Å². The molecular weight excluding hydrogens is 338 g/mol. The summed E-state index contributed by atoms with van der Waals surface area (Å²) in [7, 11) is 0.